The Kier molecular flexibility index (Phi) is 9.97. The zero-order valence-corrected chi connectivity index (χ0v) is 33.5. The second-order valence-electron chi connectivity index (χ2n) is 19.8. The molecule has 3 N–H and O–H groups in total. The van der Waals surface area contributed by atoms with Crippen LogP contribution in [0.15, 0.2) is 29.7 Å². The summed E-state index contributed by atoms with van der Waals surface area (Å²) < 4.78 is 6.16. The van der Waals surface area contributed by atoms with Gasteiger partial charge in [-0.1, -0.05) is 54.0 Å². The van der Waals surface area contributed by atoms with Gasteiger partial charge in [0, 0.05) is 36.0 Å². The summed E-state index contributed by atoms with van der Waals surface area (Å²) >= 11 is 0. The summed E-state index contributed by atoms with van der Waals surface area (Å²) in [5, 5.41) is 25.3. The molecule has 0 aliphatic heterocycles. The number of nitrogens with zero attached hydrogens (tertiary/aromatic N) is 2. The number of carbonyl (C=O) groups excluding carboxylic acids is 2. The van der Waals surface area contributed by atoms with Crippen molar-refractivity contribution < 1.29 is 29.3 Å². The van der Waals surface area contributed by atoms with Crippen LogP contribution in [0.1, 0.15) is 145 Å². The number of esters is 1. The number of carboxylic acid groups (broad SMARTS) is 1. The Hall–Kier alpha value is -2.65. The molecule has 0 spiro atoms. The van der Waals surface area contributed by atoms with Crippen LogP contribution in [0.3, 0.4) is 0 Å². The smallest absolute Gasteiger partial charge is 0.309 e. The lowest BCUT2D eigenvalue weighted by Crippen LogP contribution is -2.66. The number of ketones is 1. The molecule has 2 unspecified atom stereocenters. The monoisotopic (exact) mass is 719 g/mol. The molecular formula is C43H65N3O6. The fourth-order valence-electron chi connectivity index (χ4n) is 13.1. The van der Waals surface area contributed by atoms with Crippen LogP contribution in [0.25, 0.3) is 0 Å². The van der Waals surface area contributed by atoms with Gasteiger partial charge < -0.3 is 20.3 Å². The molecule has 0 bridgehead atoms. The van der Waals surface area contributed by atoms with Gasteiger partial charge in [-0.05, 0) is 124 Å². The van der Waals surface area contributed by atoms with Crippen molar-refractivity contribution in [1.82, 2.24) is 15.3 Å². The second-order valence-corrected chi connectivity index (χ2v) is 19.8. The molecule has 0 radical (unpaired) electrons. The Morgan fingerprint density at radius 2 is 1.69 bits per heavy atom. The van der Waals surface area contributed by atoms with E-state index < -0.39 is 28.9 Å². The van der Waals surface area contributed by atoms with Crippen molar-refractivity contribution in [2.75, 3.05) is 6.54 Å². The predicted molar refractivity (Wildman–Crippen MR) is 200 cm³/mol. The van der Waals surface area contributed by atoms with E-state index in [0.29, 0.717) is 24.8 Å². The maximum Gasteiger partial charge on any atom is 0.309 e. The quantitative estimate of drug-likeness (QED) is 0.206. The van der Waals surface area contributed by atoms with E-state index in [2.05, 4.69) is 70.7 Å². The fraction of sp³-hybridized carbons (Fsp3) is 0.791. The number of ether oxygens (including phenoxy) is 1. The van der Waals surface area contributed by atoms with E-state index in [-0.39, 0.29) is 57.8 Å². The molecule has 4 fully saturated rings. The molecular weight excluding hydrogens is 654 g/mol. The lowest BCUT2D eigenvalue weighted by Gasteiger charge is -2.72. The Bertz CT molecular complexity index is 1600. The predicted octanol–water partition coefficient (Wildman–Crippen LogP) is 7.88. The number of aliphatic carboxylic acids is 1. The summed E-state index contributed by atoms with van der Waals surface area (Å²) in [4.78, 5) is 47.3. The van der Waals surface area contributed by atoms with Crippen LogP contribution in [0.2, 0.25) is 0 Å². The van der Waals surface area contributed by atoms with Crippen molar-refractivity contribution in [3.05, 3.63) is 35.4 Å². The van der Waals surface area contributed by atoms with E-state index in [0.717, 1.165) is 62.6 Å². The van der Waals surface area contributed by atoms with E-state index in [1.807, 2.05) is 6.07 Å². The fourth-order valence-corrected chi connectivity index (χ4v) is 13.1. The van der Waals surface area contributed by atoms with Crippen LogP contribution >= 0.6 is 0 Å². The van der Waals surface area contributed by atoms with Crippen molar-refractivity contribution in [1.29, 1.82) is 0 Å². The van der Waals surface area contributed by atoms with E-state index in [1.165, 1.54) is 5.57 Å². The molecule has 0 amide bonds. The first kappa shape index (κ1) is 39.1. The molecule has 52 heavy (non-hydrogen) atoms. The van der Waals surface area contributed by atoms with Gasteiger partial charge in [-0.3, -0.25) is 14.4 Å². The summed E-state index contributed by atoms with van der Waals surface area (Å²) in [5.74, 6) is -0.00358. The Balaban J connectivity index is 1.27. The Morgan fingerprint density at radius 3 is 2.33 bits per heavy atom. The van der Waals surface area contributed by atoms with Crippen LogP contribution in [-0.2, 0) is 19.1 Å². The van der Waals surface area contributed by atoms with E-state index in [4.69, 9.17) is 4.74 Å². The molecule has 288 valence electrons. The average Bonchev–Trinajstić information content (AvgIpc) is 3.38. The van der Waals surface area contributed by atoms with Crippen LogP contribution in [0, 0.1) is 56.2 Å². The highest BCUT2D eigenvalue weighted by Crippen LogP contribution is 2.77. The number of aliphatic hydroxyl groups excluding tert-OH is 1. The molecule has 5 aliphatic carbocycles. The summed E-state index contributed by atoms with van der Waals surface area (Å²) in [6.07, 6.45) is 10.4. The van der Waals surface area contributed by atoms with E-state index >= 15 is 0 Å². The molecule has 0 saturated heterocycles. The van der Waals surface area contributed by atoms with Gasteiger partial charge in [0.1, 0.15) is 12.4 Å². The number of nitrogens with one attached hydrogen (secondary N) is 1. The van der Waals surface area contributed by atoms with E-state index in [9.17, 15) is 24.6 Å². The number of hydrogen-bond acceptors (Lipinski definition) is 8. The third-order valence-electron chi connectivity index (χ3n) is 16.2. The van der Waals surface area contributed by atoms with E-state index in [1.54, 1.807) is 26.4 Å². The van der Waals surface area contributed by atoms with Gasteiger partial charge in [0.15, 0.2) is 5.78 Å². The van der Waals surface area contributed by atoms with Gasteiger partial charge in [-0.15, -0.1) is 0 Å². The first-order valence-electron chi connectivity index (χ1n) is 20.0. The Morgan fingerprint density at radius 1 is 0.981 bits per heavy atom. The molecule has 1 aromatic rings. The lowest BCUT2D eigenvalue weighted by molar-refractivity contribution is -0.235. The van der Waals surface area contributed by atoms with Gasteiger partial charge in [0.25, 0.3) is 0 Å². The van der Waals surface area contributed by atoms with Gasteiger partial charge in [-0.2, -0.15) is 0 Å². The maximum atomic E-state index is 14.0. The third-order valence-corrected chi connectivity index (χ3v) is 16.2. The molecule has 9 heteroatoms. The molecule has 1 aromatic heterocycles. The number of carbonyl (C=O) groups is 3. The molecule has 10 atom stereocenters. The second kappa shape index (κ2) is 13.3. The number of aliphatic hydroxyl groups is 1. The number of Topliss-reactive ketones (excluding diaryl/α,β-unsaturated/α-hetero) is 1. The van der Waals surface area contributed by atoms with Gasteiger partial charge in [-0.25, -0.2) is 9.97 Å². The normalized spacial score (nSPS) is 38.1. The van der Waals surface area contributed by atoms with Gasteiger partial charge >= 0.3 is 11.9 Å². The largest absolute Gasteiger partial charge is 0.481 e. The van der Waals surface area contributed by atoms with Gasteiger partial charge in [0.2, 0.25) is 0 Å². The summed E-state index contributed by atoms with van der Waals surface area (Å²) in [5.41, 5.74) is 1.25. The topological polar surface area (TPSA) is 139 Å². The zero-order valence-electron chi connectivity index (χ0n) is 33.5. The van der Waals surface area contributed by atoms with Crippen molar-refractivity contribution in [2.45, 2.75) is 152 Å². The number of carboxylic acids is 1. The number of rotatable bonds is 10. The minimum atomic E-state index is -1.17. The maximum absolute atomic E-state index is 14.0. The number of aromatic nitrogens is 2. The minimum absolute atomic E-state index is 0.0231. The average molecular weight is 720 g/mol. The summed E-state index contributed by atoms with van der Waals surface area (Å²) in [7, 11) is 0. The molecule has 6 rings (SSSR count). The number of hydrogen-bond donors (Lipinski definition) is 3. The number of allylic oxidation sites excluding steroid dienone is 1. The third kappa shape index (κ3) is 5.90. The molecule has 9 nitrogen and oxygen atoms in total. The molecule has 1 heterocycles. The van der Waals surface area contributed by atoms with Crippen LogP contribution in [0.4, 0.5) is 0 Å². The zero-order chi connectivity index (χ0) is 38.2. The van der Waals surface area contributed by atoms with Crippen molar-refractivity contribution >= 4 is 17.7 Å². The molecule has 4 saturated carbocycles. The van der Waals surface area contributed by atoms with Crippen molar-refractivity contribution in [3.63, 3.8) is 0 Å². The highest BCUT2D eigenvalue weighted by molar-refractivity contribution is 6.00. The van der Waals surface area contributed by atoms with Gasteiger partial charge in [0.05, 0.1) is 23.6 Å². The van der Waals surface area contributed by atoms with Crippen molar-refractivity contribution in [3.8, 4) is 0 Å². The molecule has 5 aliphatic rings. The minimum Gasteiger partial charge on any atom is -0.481 e. The first-order valence-corrected chi connectivity index (χ1v) is 20.0. The highest BCUT2D eigenvalue weighted by Gasteiger charge is 2.70. The Labute approximate surface area is 311 Å². The standard InChI is InChI=1S/C43H65N3O6/c1-25(2)35-29(47)21-43(32(48)23-45-26(3)28-15-20-44-24-46-28)19-18-41(9)27(36(35)43)11-12-31-40(8)16-14-33(52-34(49)22-38(4,5)37(50)51)39(6,7)30(40)13-17-42(31,41)10/h15,20,24-27,30-33,45,48H,11-14,16-19,21-23H2,1-10H3,(H,50,51)/t26-,27+,30-,31+,32?,33-,40-,41+,42+,43?/m0/s1. The molecule has 0 aromatic carbocycles. The summed E-state index contributed by atoms with van der Waals surface area (Å²) in [6, 6.07) is 1.84. The number of fused-ring (bicyclic) bond motifs is 7. The lowest BCUT2D eigenvalue weighted by atomic mass is 9.33. The SMILES string of the molecule is CC(C)C1=C2[C@H]3CC[C@@H]4[C@@]5(C)CC[C@H](OC(=O)CC(C)(C)C(=O)O)C(C)(C)[C@@H]5CC[C@@]4(C)[C@]3(C)CCC2(C(O)CN[C@@H](C)c2ccncn2)CC1=O. The van der Waals surface area contributed by atoms with Crippen LogP contribution in [0.5, 0.6) is 0 Å². The van der Waals surface area contributed by atoms with Crippen LogP contribution < -0.4 is 5.32 Å². The summed E-state index contributed by atoms with van der Waals surface area (Å²) in [6.45, 7) is 22.0. The first-order chi connectivity index (χ1) is 24.2. The van der Waals surface area contributed by atoms with Crippen LogP contribution in [-0.4, -0.2) is 56.7 Å². The highest BCUT2D eigenvalue weighted by atomic mass is 16.5. The van der Waals surface area contributed by atoms with Crippen molar-refractivity contribution in [2.24, 2.45) is 56.2 Å².